The maximum Gasteiger partial charge on any atom is 0.276 e. The zero-order valence-corrected chi connectivity index (χ0v) is 9.39. The number of imidazole rings is 1. The molecule has 0 radical (unpaired) electrons. The van der Waals surface area contributed by atoms with Gasteiger partial charge < -0.3 is 14.5 Å². The molecule has 0 aliphatic rings. The number of nitrogens with zero attached hydrogens (tertiary/aromatic N) is 1. The second kappa shape index (κ2) is 3.05. The molecule has 5 heteroatoms. The highest BCUT2D eigenvalue weighted by Gasteiger charge is 2.09. The van der Waals surface area contributed by atoms with Gasteiger partial charge in [0, 0.05) is 12.4 Å². The third-order valence-corrected chi connectivity index (χ3v) is 2.98. The Kier molecular flexibility index (Phi) is 1.79. The minimum Gasteiger partial charge on any atom is -0.330 e. The van der Waals surface area contributed by atoms with Crippen LogP contribution in [0.15, 0.2) is 29.1 Å². The first-order valence-electron chi connectivity index (χ1n) is 4.88. The van der Waals surface area contributed by atoms with Crippen LogP contribution < -0.4 is 5.56 Å². The maximum atomic E-state index is 12.0. The van der Waals surface area contributed by atoms with Crippen LogP contribution in [0.5, 0.6) is 0 Å². The third kappa shape index (κ3) is 1.09. The molecule has 80 valence electrons. The van der Waals surface area contributed by atoms with Crippen LogP contribution in [-0.2, 0) is 7.05 Å². The molecule has 0 bridgehead atoms. The molecular weight excluding hydrogens is 222 g/mol. The Morgan fingerprint density at radius 2 is 1.88 bits per heavy atom. The van der Waals surface area contributed by atoms with E-state index in [1.165, 1.54) is 0 Å². The molecule has 2 aromatic heterocycles. The number of pyridine rings is 1. The van der Waals surface area contributed by atoms with E-state index in [9.17, 15) is 4.79 Å². The summed E-state index contributed by atoms with van der Waals surface area (Å²) in [5, 5.41) is 0.993. The minimum atomic E-state index is -0.0685. The fraction of sp³-hybridized carbons (Fsp3) is 0.0909. The van der Waals surface area contributed by atoms with E-state index in [-0.39, 0.29) is 5.56 Å². The van der Waals surface area contributed by atoms with E-state index >= 15 is 0 Å². The molecule has 4 nitrogen and oxygen atoms in total. The summed E-state index contributed by atoms with van der Waals surface area (Å²) in [5.74, 6) is 0. The molecule has 0 aliphatic heterocycles. The number of fused-ring (bicyclic) bond motifs is 3. The molecule has 0 spiro atoms. The quantitative estimate of drug-likeness (QED) is 0.582. The Hall–Kier alpha value is -1.88. The second-order valence-electron chi connectivity index (χ2n) is 3.71. The van der Waals surface area contributed by atoms with Gasteiger partial charge in [0.1, 0.15) is 5.52 Å². The summed E-state index contributed by atoms with van der Waals surface area (Å²) in [4.78, 5) is 17.9. The summed E-state index contributed by atoms with van der Waals surface area (Å²) in [5.41, 5.74) is 2.14. The summed E-state index contributed by atoms with van der Waals surface area (Å²) in [7, 11) is 1.76. The molecule has 2 N–H and O–H groups in total. The summed E-state index contributed by atoms with van der Waals surface area (Å²) in [6.07, 6.45) is 0. The first-order chi connectivity index (χ1) is 7.68. The SMILES string of the molecule is Cn1c(=O)c2[nH]c(=S)[nH]c2c2ccccc21. The lowest BCUT2D eigenvalue weighted by molar-refractivity contribution is 0.915. The highest BCUT2D eigenvalue weighted by molar-refractivity contribution is 7.71. The van der Waals surface area contributed by atoms with E-state index in [0.29, 0.717) is 10.3 Å². The molecule has 3 rings (SSSR count). The van der Waals surface area contributed by atoms with Crippen LogP contribution in [0.2, 0.25) is 0 Å². The Morgan fingerprint density at radius 3 is 2.69 bits per heavy atom. The number of rotatable bonds is 0. The summed E-state index contributed by atoms with van der Waals surface area (Å²) in [6.45, 7) is 0. The van der Waals surface area contributed by atoms with Crippen LogP contribution in [-0.4, -0.2) is 14.5 Å². The molecule has 0 saturated carbocycles. The number of aromatic amines is 2. The summed E-state index contributed by atoms with van der Waals surface area (Å²) in [6, 6.07) is 7.74. The van der Waals surface area contributed by atoms with Crippen molar-refractivity contribution in [1.29, 1.82) is 0 Å². The molecule has 2 heterocycles. The Morgan fingerprint density at radius 1 is 1.19 bits per heavy atom. The molecule has 1 aromatic carbocycles. The number of para-hydroxylation sites is 1. The van der Waals surface area contributed by atoms with Gasteiger partial charge in [0.05, 0.1) is 11.0 Å². The van der Waals surface area contributed by atoms with Crippen LogP contribution >= 0.6 is 12.2 Å². The van der Waals surface area contributed by atoms with Gasteiger partial charge in [0.15, 0.2) is 4.77 Å². The van der Waals surface area contributed by atoms with Gasteiger partial charge in [-0.1, -0.05) is 18.2 Å². The van der Waals surface area contributed by atoms with Crippen molar-refractivity contribution >= 4 is 34.2 Å². The second-order valence-corrected chi connectivity index (χ2v) is 4.12. The predicted molar refractivity (Wildman–Crippen MR) is 66.2 cm³/mol. The van der Waals surface area contributed by atoms with Crippen LogP contribution in [0, 0.1) is 4.77 Å². The zero-order valence-electron chi connectivity index (χ0n) is 8.57. The average Bonchev–Trinajstić information content (AvgIpc) is 2.68. The standard InChI is InChI=1S/C11H9N3OS/c1-14-7-5-3-2-4-6(7)8-9(10(14)15)13-11(16)12-8/h2-5H,1H3,(H2,12,13,16). The van der Waals surface area contributed by atoms with Crippen molar-refractivity contribution < 1.29 is 0 Å². The van der Waals surface area contributed by atoms with E-state index < -0.39 is 0 Å². The Bertz CT molecular complexity index is 809. The van der Waals surface area contributed by atoms with Crippen LogP contribution in [0.25, 0.3) is 21.9 Å². The van der Waals surface area contributed by atoms with E-state index in [0.717, 1.165) is 16.4 Å². The van der Waals surface area contributed by atoms with Crippen molar-refractivity contribution in [3.8, 4) is 0 Å². The Labute approximate surface area is 95.5 Å². The van der Waals surface area contributed by atoms with Crippen molar-refractivity contribution in [2.45, 2.75) is 0 Å². The van der Waals surface area contributed by atoms with Gasteiger partial charge in [0.2, 0.25) is 0 Å². The van der Waals surface area contributed by atoms with E-state index in [4.69, 9.17) is 12.2 Å². The van der Waals surface area contributed by atoms with Gasteiger partial charge in [-0.25, -0.2) is 0 Å². The van der Waals surface area contributed by atoms with Gasteiger partial charge in [0.25, 0.3) is 5.56 Å². The molecule has 0 saturated heterocycles. The Balaban J connectivity index is 2.79. The lowest BCUT2D eigenvalue weighted by atomic mass is 10.2. The molecule has 0 unspecified atom stereocenters. The van der Waals surface area contributed by atoms with Crippen molar-refractivity contribution in [1.82, 2.24) is 14.5 Å². The van der Waals surface area contributed by atoms with Gasteiger partial charge in [-0.2, -0.15) is 0 Å². The van der Waals surface area contributed by atoms with Crippen molar-refractivity contribution in [3.63, 3.8) is 0 Å². The third-order valence-electron chi connectivity index (χ3n) is 2.78. The lowest BCUT2D eigenvalue weighted by Gasteiger charge is -2.04. The first-order valence-corrected chi connectivity index (χ1v) is 5.29. The number of benzene rings is 1. The van der Waals surface area contributed by atoms with Gasteiger partial charge in [-0.15, -0.1) is 0 Å². The molecular formula is C11H9N3OS. The first kappa shape index (κ1) is 9.35. The number of H-pyrrole nitrogens is 2. The van der Waals surface area contributed by atoms with Gasteiger partial charge >= 0.3 is 0 Å². The smallest absolute Gasteiger partial charge is 0.276 e. The van der Waals surface area contributed by atoms with Crippen LogP contribution in [0.3, 0.4) is 0 Å². The number of hydrogen-bond acceptors (Lipinski definition) is 2. The molecule has 0 fully saturated rings. The molecule has 0 aliphatic carbocycles. The molecule has 16 heavy (non-hydrogen) atoms. The number of aromatic nitrogens is 3. The van der Waals surface area contributed by atoms with Gasteiger partial charge in [-0.05, 0) is 18.3 Å². The van der Waals surface area contributed by atoms with Crippen LogP contribution in [0.4, 0.5) is 0 Å². The monoisotopic (exact) mass is 231 g/mol. The van der Waals surface area contributed by atoms with Gasteiger partial charge in [-0.3, -0.25) is 4.79 Å². The topological polar surface area (TPSA) is 53.6 Å². The maximum absolute atomic E-state index is 12.0. The molecule has 0 atom stereocenters. The molecule has 0 amide bonds. The summed E-state index contributed by atoms with van der Waals surface area (Å²) >= 11 is 5.02. The van der Waals surface area contributed by atoms with Crippen LogP contribution in [0.1, 0.15) is 0 Å². The minimum absolute atomic E-state index is 0.0685. The van der Waals surface area contributed by atoms with E-state index in [2.05, 4.69) is 9.97 Å². The largest absolute Gasteiger partial charge is 0.330 e. The normalized spacial score (nSPS) is 11.3. The lowest BCUT2D eigenvalue weighted by Crippen LogP contribution is -2.17. The fourth-order valence-electron chi connectivity index (χ4n) is 2.00. The van der Waals surface area contributed by atoms with Crippen molar-refractivity contribution in [3.05, 3.63) is 39.4 Å². The molecule has 3 aromatic rings. The highest BCUT2D eigenvalue weighted by Crippen LogP contribution is 2.19. The highest BCUT2D eigenvalue weighted by atomic mass is 32.1. The number of nitrogens with one attached hydrogen (secondary N) is 2. The fourth-order valence-corrected chi connectivity index (χ4v) is 2.20. The number of hydrogen-bond donors (Lipinski definition) is 2. The van der Waals surface area contributed by atoms with Crippen molar-refractivity contribution in [2.75, 3.05) is 0 Å². The zero-order chi connectivity index (χ0) is 11.3. The van der Waals surface area contributed by atoms with Crippen molar-refractivity contribution in [2.24, 2.45) is 7.05 Å². The number of aryl methyl sites for hydroxylation is 1. The predicted octanol–water partition coefficient (Wildman–Crippen LogP) is 2.08. The van der Waals surface area contributed by atoms with E-state index in [1.807, 2.05) is 24.3 Å². The average molecular weight is 231 g/mol. The van der Waals surface area contributed by atoms with E-state index in [1.54, 1.807) is 11.6 Å². The summed E-state index contributed by atoms with van der Waals surface area (Å²) < 4.78 is 2.10.